The predicted molar refractivity (Wildman–Crippen MR) is 175 cm³/mol. The van der Waals surface area contributed by atoms with Crippen LogP contribution in [0.4, 0.5) is 0 Å². The second-order valence-corrected chi connectivity index (χ2v) is 12.4. The van der Waals surface area contributed by atoms with E-state index >= 15 is 0 Å². The molecule has 0 aliphatic carbocycles. The summed E-state index contributed by atoms with van der Waals surface area (Å²) in [5, 5.41) is 21.1. The van der Waals surface area contributed by atoms with E-state index in [-0.39, 0.29) is 31.1 Å². The van der Waals surface area contributed by atoms with Crippen molar-refractivity contribution in [3.8, 4) is 11.1 Å². The fraction of sp³-hybridized carbons (Fsp3) is 0.459. The number of likely N-dealkylation sites (tertiary alicyclic amines) is 1. The van der Waals surface area contributed by atoms with Crippen molar-refractivity contribution in [2.45, 2.75) is 89.4 Å². The molecule has 4 N–H and O–H groups in total. The maximum Gasteiger partial charge on any atom is 0.243 e. The Morgan fingerprint density at radius 2 is 1.50 bits per heavy atom. The molecule has 0 unspecified atom stereocenters. The van der Waals surface area contributed by atoms with Gasteiger partial charge in [0.1, 0.15) is 0 Å². The van der Waals surface area contributed by atoms with Crippen LogP contribution in [0.3, 0.4) is 0 Å². The van der Waals surface area contributed by atoms with Gasteiger partial charge in [-0.15, -0.1) is 0 Å². The fourth-order valence-electron chi connectivity index (χ4n) is 6.32. The fourth-order valence-corrected chi connectivity index (χ4v) is 6.32. The molecule has 0 saturated carbocycles. The first-order chi connectivity index (χ1) is 22.5. The van der Waals surface area contributed by atoms with E-state index in [4.69, 9.17) is 14.7 Å². The molecule has 46 heavy (non-hydrogen) atoms. The van der Waals surface area contributed by atoms with Gasteiger partial charge in [-0.25, -0.2) is 5.48 Å². The number of ether oxygens (including phenoxy) is 2. The number of hydrogen-bond acceptors (Lipinski definition) is 7. The summed E-state index contributed by atoms with van der Waals surface area (Å²) in [6.45, 7) is 3.56. The lowest BCUT2D eigenvalue weighted by molar-refractivity contribution is -0.253. The number of benzene rings is 3. The lowest BCUT2D eigenvalue weighted by atomic mass is 9.97. The van der Waals surface area contributed by atoms with E-state index in [9.17, 15) is 14.7 Å². The quantitative estimate of drug-likeness (QED) is 0.0989. The van der Waals surface area contributed by atoms with Crippen LogP contribution in [-0.2, 0) is 32.2 Å². The molecule has 0 bridgehead atoms. The van der Waals surface area contributed by atoms with Gasteiger partial charge in [-0.1, -0.05) is 85.6 Å². The van der Waals surface area contributed by atoms with Crippen LogP contribution in [0.5, 0.6) is 0 Å². The Morgan fingerprint density at radius 1 is 0.804 bits per heavy atom. The highest BCUT2D eigenvalue weighted by Gasteiger charge is 2.33. The molecule has 2 saturated heterocycles. The molecule has 0 spiro atoms. The highest BCUT2D eigenvalue weighted by molar-refractivity contribution is 5.76. The number of piperidine rings is 1. The number of hydroxylamine groups is 1. The van der Waals surface area contributed by atoms with E-state index in [0.717, 1.165) is 65.9 Å². The molecule has 0 radical (unpaired) electrons. The Bertz CT molecular complexity index is 1390. The third-order valence-corrected chi connectivity index (χ3v) is 8.95. The minimum atomic E-state index is -0.493. The summed E-state index contributed by atoms with van der Waals surface area (Å²) in [7, 11) is 0. The van der Waals surface area contributed by atoms with Crippen molar-refractivity contribution >= 4 is 11.8 Å². The van der Waals surface area contributed by atoms with Gasteiger partial charge in [0.05, 0.1) is 18.8 Å². The largest absolute Gasteiger partial charge is 0.392 e. The summed E-state index contributed by atoms with van der Waals surface area (Å²) in [6.07, 6.45) is 6.70. The summed E-state index contributed by atoms with van der Waals surface area (Å²) >= 11 is 0. The molecule has 2 aliphatic rings. The van der Waals surface area contributed by atoms with Crippen LogP contribution < -0.4 is 10.8 Å². The molecule has 3 atom stereocenters. The van der Waals surface area contributed by atoms with Crippen LogP contribution in [0.1, 0.15) is 92.4 Å². The van der Waals surface area contributed by atoms with Crippen LogP contribution in [-0.4, -0.2) is 52.8 Å². The Kier molecular flexibility index (Phi) is 12.7. The van der Waals surface area contributed by atoms with Gasteiger partial charge in [-0.3, -0.25) is 14.8 Å². The first kappa shape index (κ1) is 33.8. The third kappa shape index (κ3) is 9.70. The maximum absolute atomic E-state index is 12.5. The van der Waals surface area contributed by atoms with Crippen molar-refractivity contribution in [2.24, 2.45) is 0 Å². The van der Waals surface area contributed by atoms with Gasteiger partial charge in [0.15, 0.2) is 6.29 Å². The number of aliphatic hydroxyl groups is 1. The highest BCUT2D eigenvalue weighted by Crippen LogP contribution is 2.39. The smallest absolute Gasteiger partial charge is 0.243 e. The summed E-state index contributed by atoms with van der Waals surface area (Å²) in [5.41, 5.74) is 7.70. The second kappa shape index (κ2) is 17.4. The van der Waals surface area contributed by atoms with Gasteiger partial charge in [0.2, 0.25) is 11.8 Å². The van der Waals surface area contributed by atoms with Crippen LogP contribution >= 0.6 is 0 Å². The Morgan fingerprint density at radius 3 is 2.22 bits per heavy atom. The number of nitrogens with zero attached hydrogens (tertiary/aromatic N) is 1. The Hall–Kier alpha value is -3.60. The standard InChI is InChI=1S/C37H47N3O6/c41-26-27-13-15-29(16-14-27)34-23-32(25-40-21-7-2-8-22-40)45-37(46-34)30-19-17-28(18-20-30)33-10-6-5-9-31(33)24-38-35(42)11-3-1-4-12-36(43)39-44/h5-6,9-10,13-20,32,34,37,41,44H,1-4,7-8,11-12,21-26H2,(H,38,42)(H,39,43)/t32-,34+,37+/m0/s1. The van der Waals surface area contributed by atoms with E-state index in [0.29, 0.717) is 25.8 Å². The SMILES string of the molecule is O=C(CCCCCC(=O)NCc1ccccc1-c1ccc([C@@H]2O[C@H](CN3CCCCC3)C[C@H](c3ccc(CO)cc3)O2)cc1)NO. The van der Waals surface area contributed by atoms with E-state index in [1.165, 1.54) is 19.3 Å². The summed E-state index contributed by atoms with van der Waals surface area (Å²) in [4.78, 5) is 26.1. The van der Waals surface area contributed by atoms with Gasteiger partial charge in [0.25, 0.3) is 0 Å². The monoisotopic (exact) mass is 629 g/mol. The molecule has 0 aromatic heterocycles. The van der Waals surface area contributed by atoms with Crippen molar-refractivity contribution < 1.29 is 29.4 Å². The van der Waals surface area contributed by atoms with Crippen LogP contribution in [0.15, 0.2) is 72.8 Å². The number of carbonyl (C=O) groups excluding carboxylic acids is 2. The van der Waals surface area contributed by atoms with Crippen molar-refractivity contribution in [1.29, 1.82) is 0 Å². The highest BCUT2D eigenvalue weighted by atomic mass is 16.7. The minimum Gasteiger partial charge on any atom is -0.392 e. The molecule has 2 fully saturated rings. The van der Waals surface area contributed by atoms with E-state index in [1.807, 2.05) is 30.3 Å². The first-order valence-electron chi connectivity index (χ1n) is 16.6. The van der Waals surface area contributed by atoms with E-state index in [2.05, 4.69) is 52.7 Å². The van der Waals surface area contributed by atoms with Crippen molar-refractivity contribution in [1.82, 2.24) is 15.7 Å². The van der Waals surface area contributed by atoms with Crippen LogP contribution in [0.2, 0.25) is 0 Å². The minimum absolute atomic E-state index is 0.0199. The zero-order valence-corrected chi connectivity index (χ0v) is 26.5. The second-order valence-electron chi connectivity index (χ2n) is 12.4. The van der Waals surface area contributed by atoms with E-state index in [1.54, 1.807) is 5.48 Å². The van der Waals surface area contributed by atoms with Gasteiger partial charge in [0, 0.05) is 37.9 Å². The molecule has 9 nitrogen and oxygen atoms in total. The number of unbranched alkanes of at least 4 members (excludes halogenated alkanes) is 2. The first-order valence-corrected chi connectivity index (χ1v) is 16.6. The van der Waals surface area contributed by atoms with Crippen molar-refractivity contribution in [3.05, 3.63) is 95.1 Å². The van der Waals surface area contributed by atoms with Gasteiger partial charge in [-0.05, 0) is 66.6 Å². The lowest BCUT2D eigenvalue weighted by Crippen LogP contribution is -2.41. The number of hydrogen-bond donors (Lipinski definition) is 4. The summed E-state index contributed by atoms with van der Waals surface area (Å²) < 4.78 is 13.2. The van der Waals surface area contributed by atoms with Crippen molar-refractivity contribution in [3.63, 3.8) is 0 Å². The topological polar surface area (TPSA) is 120 Å². The molecular weight excluding hydrogens is 582 g/mol. The van der Waals surface area contributed by atoms with Gasteiger partial charge >= 0.3 is 0 Å². The lowest BCUT2D eigenvalue weighted by Gasteiger charge is -2.39. The molecule has 246 valence electrons. The number of carbonyl (C=O) groups is 2. The number of aliphatic hydroxyl groups excluding tert-OH is 1. The summed E-state index contributed by atoms with van der Waals surface area (Å²) in [6, 6.07) is 24.4. The molecule has 5 rings (SSSR count). The molecule has 2 aliphatic heterocycles. The van der Waals surface area contributed by atoms with Crippen LogP contribution in [0, 0.1) is 0 Å². The maximum atomic E-state index is 12.5. The Labute approximate surface area is 271 Å². The number of nitrogens with one attached hydrogen (secondary N) is 2. The molecule has 2 heterocycles. The third-order valence-electron chi connectivity index (χ3n) is 8.95. The van der Waals surface area contributed by atoms with Crippen molar-refractivity contribution in [2.75, 3.05) is 19.6 Å². The molecule has 3 aromatic rings. The van der Waals surface area contributed by atoms with Gasteiger partial charge < -0.3 is 24.8 Å². The zero-order chi connectivity index (χ0) is 32.1. The van der Waals surface area contributed by atoms with Gasteiger partial charge in [-0.2, -0.15) is 0 Å². The average molecular weight is 630 g/mol. The molecule has 9 heteroatoms. The van der Waals surface area contributed by atoms with Crippen LogP contribution in [0.25, 0.3) is 11.1 Å². The Balaban J connectivity index is 1.22. The van der Waals surface area contributed by atoms with E-state index < -0.39 is 12.2 Å². The molecule has 2 amide bonds. The average Bonchev–Trinajstić information content (AvgIpc) is 3.11. The normalized spacial score (nSPS) is 20.3. The summed E-state index contributed by atoms with van der Waals surface area (Å²) in [5.74, 6) is -0.428. The zero-order valence-electron chi connectivity index (χ0n) is 26.5. The number of rotatable bonds is 14. The number of amides is 2. The predicted octanol–water partition coefficient (Wildman–Crippen LogP) is 5.95. The molecule has 3 aromatic carbocycles. The molecular formula is C37H47N3O6.